The molecule has 1 heterocycles. The van der Waals surface area contributed by atoms with Crippen molar-refractivity contribution in [3.05, 3.63) is 0 Å². The first-order valence-corrected chi connectivity index (χ1v) is 6.09. The Balaban J connectivity index is 2.43. The van der Waals surface area contributed by atoms with Gasteiger partial charge in [-0.3, -0.25) is 0 Å². The predicted octanol–water partition coefficient (Wildman–Crippen LogP) is 1.49. The highest BCUT2D eigenvalue weighted by atomic mass is 16.6. The molecule has 1 atom stereocenters. The Kier molecular flexibility index (Phi) is 4.95. The number of carbonyl (C=O) groups excluding carboxylic acids is 1. The number of carbonyl (C=O) groups is 2. The van der Waals surface area contributed by atoms with E-state index in [0.717, 1.165) is 12.8 Å². The van der Waals surface area contributed by atoms with Gasteiger partial charge in [-0.15, -0.1) is 0 Å². The fourth-order valence-electron chi connectivity index (χ4n) is 1.85. The lowest BCUT2D eigenvalue weighted by molar-refractivity contribution is -0.142. The normalized spacial score (nSPS) is 19.9. The van der Waals surface area contributed by atoms with E-state index in [0.29, 0.717) is 6.54 Å². The molecule has 6 heteroatoms. The summed E-state index contributed by atoms with van der Waals surface area (Å²) < 4.78 is 10.3. The number of hydrogen-bond acceptors (Lipinski definition) is 4. The molecule has 18 heavy (non-hydrogen) atoms. The van der Waals surface area contributed by atoms with Crippen molar-refractivity contribution in [2.45, 2.75) is 45.3 Å². The summed E-state index contributed by atoms with van der Waals surface area (Å²) in [5, 5.41) is 8.49. The molecule has 1 aliphatic rings. The molecule has 1 rings (SSSR count). The molecule has 0 aromatic heterocycles. The van der Waals surface area contributed by atoms with Crippen LogP contribution in [0.25, 0.3) is 0 Å². The van der Waals surface area contributed by atoms with Crippen molar-refractivity contribution in [2.24, 2.45) is 0 Å². The molecule has 0 bridgehead atoms. The minimum Gasteiger partial charge on any atom is -0.480 e. The molecule has 0 aliphatic carbocycles. The molecular weight excluding hydrogens is 238 g/mol. The van der Waals surface area contributed by atoms with E-state index in [1.807, 2.05) is 20.8 Å². The van der Waals surface area contributed by atoms with Crippen LogP contribution in [0.4, 0.5) is 4.79 Å². The maximum absolute atomic E-state index is 11.9. The Bertz CT molecular complexity index is 310. The highest BCUT2D eigenvalue weighted by Crippen LogP contribution is 2.20. The van der Waals surface area contributed by atoms with Crippen LogP contribution in [0.1, 0.15) is 33.6 Å². The predicted molar refractivity (Wildman–Crippen MR) is 64.4 cm³/mol. The van der Waals surface area contributed by atoms with Gasteiger partial charge in [0.2, 0.25) is 0 Å². The molecule has 0 aromatic rings. The SMILES string of the molecule is CC(C)(C)OC(=O)N1CCC[C@@H]1COCC(=O)O. The van der Waals surface area contributed by atoms with E-state index >= 15 is 0 Å². The average molecular weight is 259 g/mol. The second kappa shape index (κ2) is 6.04. The molecule has 1 aliphatic heterocycles. The van der Waals surface area contributed by atoms with Crippen molar-refractivity contribution in [2.75, 3.05) is 19.8 Å². The molecular formula is C12H21NO5. The third-order valence-electron chi connectivity index (χ3n) is 2.54. The Morgan fingerprint density at radius 1 is 1.39 bits per heavy atom. The summed E-state index contributed by atoms with van der Waals surface area (Å²) in [6.07, 6.45) is 1.35. The Labute approximate surface area is 107 Å². The quantitative estimate of drug-likeness (QED) is 0.827. The first kappa shape index (κ1) is 14.8. The van der Waals surface area contributed by atoms with E-state index in [4.69, 9.17) is 14.6 Å². The summed E-state index contributed by atoms with van der Waals surface area (Å²) in [5.41, 5.74) is -0.522. The number of carboxylic acid groups (broad SMARTS) is 1. The third-order valence-corrected chi connectivity index (χ3v) is 2.54. The minimum atomic E-state index is -1.00. The van der Waals surface area contributed by atoms with Crippen LogP contribution in [-0.2, 0) is 14.3 Å². The Hall–Kier alpha value is -1.30. The minimum absolute atomic E-state index is 0.0841. The number of amides is 1. The molecule has 104 valence electrons. The monoisotopic (exact) mass is 259 g/mol. The summed E-state index contributed by atoms with van der Waals surface area (Å²) in [5.74, 6) is -1.00. The van der Waals surface area contributed by atoms with Gasteiger partial charge >= 0.3 is 12.1 Å². The zero-order valence-electron chi connectivity index (χ0n) is 11.1. The molecule has 0 unspecified atom stereocenters. The van der Waals surface area contributed by atoms with Crippen molar-refractivity contribution < 1.29 is 24.2 Å². The first-order chi connectivity index (χ1) is 8.29. The zero-order chi connectivity index (χ0) is 13.8. The molecule has 1 fully saturated rings. The number of carboxylic acids is 1. The van der Waals surface area contributed by atoms with Crippen molar-refractivity contribution in [1.29, 1.82) is 0 Å². The Morgan fingerprint density at radius 3 is 2.61 bits per heavy atom. The average Bonchev–Trinajstić information content (AvgIpc) is 2.62. The highest BCUT2D eigenvalue weighted by molar-refractivity contribution is 5.69. The second-order valence-electron chi connectivity index (χ2n) is 5.38. The molecule has 1 amide bonds. The summed E-state index contributed by atoms with van der Waals surface area (Å²) in [6, 6.07) is -0.0841. The molecule has 6 nitrogen and oxygen atoms in total. The standard InChI is InChI=1S/C12H21NO5/c1-12(2,3)18-11(16)13-6-4-5-9(13)7-17-8-10(14)15/h9H,4-8H2,1-3H3,(H,14,15)/t9-/m1/s1. The van der Waals surface area contributed by atoms with E-state index in [1.54, 1.807) is 4.90 Å². The van der Waals surface area contributed by atoms with Gasteiger partial charge < -0.3 is 19.5 Å². The second-order valence-corrected chi connectivity index (χ2v) is 5.38. The van der Waals surface area contributed by atoms with Crippen molar-refractivity contribution in [3.63, 3.8) is 0 Å². The van der Waals surface area contributed by atoms with Gasteiger partial charge in [0.1, 0.15) is 12.2 Å². The molecule has 0 saturated carbocycles. The van der Waals surface area contributed by atoms with Gasteiger partial charge in [0, 0.05) is 6.54 Å². The maximum atomic E-state index is 11.9. The summed E-state index contributed by atoms with van der Waals surface area (Å²) in [4.78, 5) is 23.9. The molecule has 1 saturated heterocycles. The molecule has 0 aromatic carbocycles. The highest BCUT2D eigenvalue weighted by Gasteiger charge is 2.32. The fraction of sp³-hybridized carbons (Fsp3) is 0.833. The lowest BCUT2D eigenvalue weighted by atomic mass is 10.2. The van der Waals surface area contributed by atoms with E-state index < -0.39 is 11.6 Å². The van der Waals surface area contributed by atoms with Gasteiger partial charge in [-0.1, -0.05) is 0 Å². The van der Waals surface area contributed by atoms with Crippen LogP contribution >= 0.6 is 0 Å². The number of rotatable bonds is 4. The van der Waals surface area contributed by atoms with Gasteiger partial charge in [0.15, 0.2) is 0 Å². The van der Waals surface area contributed by atoms with E-state index in [1.165, 1.54) is 0 Å². The third kappa shape index (κ3) is 4.91. The molecule has 1 N–H and O–H groups in total. The van der Waals surface area contributed by atoms with Crippen LogP contribution in [0.15, 0.2) is 0 Å². The van der Waals surface area contributed by atoms with Crippen LogP contribution in [0, 0.1) is 0 Å². The first-order valence-electron chi connectivity index (χ1n) is 6.09. The topological polar surface area (TPSA) is 76.1 Å². The van der Waals surface area contributed by atoms with Crippen molar-refractivity contribution in [1.82, 2.24) is 4.90 Å². The van der Waals surface area contributed by atoms with Gasteiger partial charge in [0.25, 0.3) is 0 Å². The van der Waals surface area contributed by atoms with Gasteiger partial charge in [0.05, 0.1) is 12.6 Å². The van der Waals surface area contributed by atoms with Crippen LogP contribution in [0.3, 0.4) is 0 Å². The zero-order valence-corrected chi connectivity index (χ0v) is 11.1. The fourth-order valence-corrected chi connectivity index (χ4v) is 1.85. The van der Waals surface area contributed by atoms with Gasteiger partial charge in [-0.25, -0.2) is 9.59 Å². The lowest BCUT2D eigenvalue weighted by Crippen LogP contribution is -2.41. The maximum Gasteiger partial charge on any atom is 0.410 e. The van der Waals surface area contributed by atoms with Gasteiger partial charge in [-0.05, 0) is 33.6 Å². The van der Waals surface area contributed by atoms with Crippen LogP contribution in [-0.4, -0.2) is 53.5 Å². The number of aliphatic carboxylic acids is 1. The summed E-state index contributed by atoms with van der Waals surface area (Å²) in [7, 11) is 0. The largest absolute Gasteiger partial charge is 0.480 e. The number of nitrogens with zero attached hydrogens (tertiary/aromatic N) is 1. The van der Waals surface area contributed by atoms with Gasteiger partial charge in [-0.2, -0.15) is 0 Å². The number of ether oxygens (including phenoxy) is 2. The summed E-state index contributed by atoms with van der Waals surface area (Å²) >= 11 is 0. The number of hydrogen-bond donors (Lipinski definition) is 1. The smallest absolute Gasteiger partial charge is 0.410 e. The van der Waals surface area contributed by atoms with Crippen molar-refractivity contribution >= 4 is 12.1 Å². The van der Waals surface area contributed by atoms with E-state index in [2.05, 4.69) is 0 Å². The lowest BCUT2D eigenvalue weighted by Gasteiger charge is -2.28. The van der Waals surface area contributed by atoms with Crippen LogP contribution in [0.5, 0.6) is 0 Å². The van der Waals surface area contributed by atoms with Crippen LogP contribution in [0.2, 0.25) is 0 Å². The van der Waals surface area contributed by atoms with Crippen LogP contribution < -0.4 is 0 Å². The Morgan fingerprint density at radius 2 is 2.06 bits per heavy atom. The van der Waals surface area contributed by atoms with E-state index in [-0.39, 0.29) is 25.3 Å². The molecule has 0 radical (unpaired) electrons. The van der Waals surface area contributed by atoms with Crippen molar-refractivity contribution in [3.8, 4) is 0 Å². The number of likely N-dealkylation sites (tertiary alicyclic amines) is 1. The summed E-state index contributed by atoms with van der Waals surface area (Å²) in [6.45, 7) is 5.99. The molecule has 0 spiro atoms. The van der Waals surface area contributed by atoms with E-state index in [9.17, 15) is 9.59 Å².